The van der Waals surface area contributed by atoms with Crippen molar-refractivity contribution in [1.29, 1.82) is 0 Å². The molecule has 4 aromatic rings. The number of imidazole rings is 1. The predicted octanol–water partition coefficient (Wildman–Crippen LogP) is 3.27. The lowest BCUT2D eigenvalue weighted by molar-refractivity contribution is 0.139. The Kier molecular flexibility index (Phi) is 6.60. The Labute approximate surface area is 206 Å². The van der Waals surface area contributed by atoms with Gasteiger partial charge in [0.1, 0.15) is 22.9 Å². The largest absolute Gasteiger partial charge is 0.494 e. The number of halogens is 1. The third-order valence-corrected chi connectivity index (χ3v) is 6.85. The molecule has 0 bridgehead atoms. The van der Waals surface area contributed by atoms with E-state index in [9.17, 15) is 18.8 Å². The number of piperidine rings is 1. The van der Waals surface area contributed by atoms with Crippen molar-refractivity contribution < 1.29 is 9.13 Å². The zero-order valence-corrected chi connectivity index (χ0v) is 19.9. The Balaban J connectivity index is 1.13. The first-order valence-electron chi connectivity index (χ1n) is 12.1. The highest BCUT2D eigenvalue weighted by Gasteiger charge is 2.27. The summed E-state index contributed by atoms with van der Waals surface area (Å²) in [5.41, 5.74) is 0.980. The number of nitrogens with one attached hydrogen (secondary N) is 4. The third kappa shape index (κ3) is 5.03. The van der Waals surface area contributed by atoms with Crippen LogP contribution in [0.2, 0.25) is 0 Å². The van der Waals surface area contributed by atoms with Crippen LogP contribution in [0.4, 0.5) is 21.5 Å². The van der Waals surface area contributed by atoms with Gasteiger partial charge in [-0.3, -0.25) is 14.5 Å². The van der Waals surface area contributed by atoms with Crippen molar-refractivity contribution in [1.82, 2.24) is 14.9 Å². The van der Waals surface area contributed by atoms with Crippen molar-refractivity contribution in [3.8, 4) is 5.75 Å². The summed E-state index contributed by atoms with van der Waals surface area (Å²) >= 11 is 0. The van der Waals surface area contributed by atoms with Gasteiger partial charge in [-0.15, -0.1) is 0 Å². The number of rotatable bonds is 9. The fourth-order valence-electron chi connectivity index (χ4n) is 4.71. The number of benzene rings is 2. The lowest BCUT2D eigenvalue weighted by atomic mass is 9.93. The molecule has 0 spiro atoms. The molecule has 36 heavy (non-hydrogen) atoms. The van der Waals surface area contributed by atoms with Gasteiger partial charge in [-0.05, 0) is 74.6 Å². The van der Waals surface area contributed by atoms with Gasteiger partial charge < -0.3 is 25.3 Å². The zero-order valence-electron chi connectivity index (χ0n) is 19.9. The van der Waals surface area contributed by atoms with Gasteiger partial charge in [-0.1, -0.05) is 0 Å². The molecule has 1 fully saturated rings. The number of nitrogens with zero attached hydrogens (tertiary/aromatic N) is 1. The topological polar surface area (TPSA) is 119 Å². The molecule has 1 aliphatic heterocycles. The number of anilines is 3. The quantitative estimate of drug-likeness (QED) is 0.264. The molecule has 2 heterocycles. The van der Waals surface area contributed by atoms with E-state index in [0.717, 1.165) is 32.4 Å². The Morgan fingerprint density at radius 1 is 1.00 bits per heavy atom. The van der Waals surface area contributed by atoms with Crippen LogP contribution in [0.5, 0.6) is 5.75 Å². The number of H-pyrrole nitrogens is 2. The van der Waals surface area contributed by atoms with Crippen molar-refractivity contribution in [3.05, 3.63) is 79.2 Å². The summed E-state index contributed by atoms with van der Waals surface area (Å²) in [7, 11) is 0. The first-order chi connectivity index (χ1) is 17.4. The molecule has 10 heteroatoms. The maximum atomic E-state index is 13.0. The first kappa shape index (κ1) is 23.8. The molecule has 4 N–H and O–H groups in total. The van der Waals surface area contributed by atoms with E-state index in [1.54, 1.807) is 30.3 Å². The van der Waals surface area contributed by atoms with Gasteiger partial charge in [0.2, 0.25) is 0 Å². The van der Waals surface area contributed by atoms with Crippen LogP contribution in [0.25, 0.3) is 11.0 Å². The van der Waals surface area contributed by atoms with E-state index in [-0.39, 0.29) is 29.0 Å². The Bertz CT molecular complexity index is 1480. The van der Waals surface area contributed by atoms with Crippen molar-refractivity contribution >= 4 is 28.1 Å². The van der Waals surface area contributed by atoms with Crippen LogP contribution in [0.3, 0.4) is 0 Å². The van der Waals surface area contributed by atoms with Gasteiger partial charge in [-0.25, -0.2) is 9.18 Å². The first-order valence-corrected chi connectivity index (χ1v) is 12.1. The molecule has 1 atom stereocenters. The van der Waals surface area contributed by atoms with Gasteiger partial charge in [0, 0.05) is 18.8 Å². The molecule has 1 aliphatic rings. The highest BCUT2D eigenvalue weighted by Crippen LogP contribution is 2.26. The van der Waals surface area contributed by atoms with E-state index >= 15 is 0 Å². The minimum atomic E-state index is -0.563. The van der Waals surface area contributed by atoms with Crippen LogP contribution in [-0.2, 0) is 0 Å². The van der Waals surface area contributed by atoms with Gasteiger partial charge in [0.05, 0.1) is 23.8 Å². The SMILES string of the molecule is CC(Nc1c(Nc2ccc3[nH]c(=O)[nH]c3c2)c(=O)c1=O)N1CCC(CCOc2ccc(F)cc2)CC1. The summed E-state index contributed by atoms with van der Waals surface area (Å²) < 4.78 is 18.7. The van der Waals surface area contributed by atoms with Crippen LogP contribution in [0.15, 0.2) is 56.8 Å². The molecular weight excluding hydrogens is 465 g/mol. The van der Waals surface area contributed by atoms with Crippen molar-refractivity contribution in [2.75, 3.05) is 30.3 Å². The third-order valence-electron chi connectivity index (χ3n) is 6.85. The van der Waals surface area contributed by atoms with Gasteiger partial charge in [0.25, 0.3) is 10.9 Å². The normalized spacial score (nSPS) is 15.8. The van der Waals surface area contributed by atoms with Crippen molar-refractivity contribution in [2.45, 2.75) is 32.4 Å². The van der Waals surface area contributed by atoms with E-state index in [2.05, 4.69) is 25.5 Å². The van der Waals surface area contributed by atoms with E-state index in [4.69, 9.17) is 4.74 Å². The fourth-order valence-corrected chi connectivity index (χ4v) is 4.71. The average molecular weight is 494 g/mol. The van der Waals surface area contributed by atoms with Crippen LogP contribution >= 0.6 is 0 Å². The maximum Gasteiger partial charge on any atom is 0.323 e. The Morgan fingerprint density at radius 3 is 2.44 bits per heavy atom. The molecule has 0 saturated carbocycles. The summed E-state index contributed by atoms with van der Waals surface area (Å²) in [6.45, 7) is 4.30. The fraction of sp³-hybridized carbons (Fsp3) is 0.346. The van der Waals surface area contributed by atoms with E-state index < -0.39 is 10.9 Å². The molecule has 3 aromatic carbocycles. The number of likely N-dealkylation sites (tertiary alicyclic amines) is 1. The zero-order chi connectivity index (χ0) is 25.2. The minimum absolute atomic E-state index is 0.117. The molecular formula is C26H28FN5O4. The molecule has 9 nitrogen and oxygen atoms in total. The number of hydrogen-bond acceptors (Lipinski definition) is 7. The van der Waals surface area contributed by atoms with Gasteiger partial charge in [-0.2, -0.15) is 0 Å². The lowest BCUT2D eigenvalue weighted by Gasteiger charge is -2.37. The monoisotopic (exact) mass is 493 g/mol. The number of fused-ring (bicyclic) bond motifs is 1. The number of aromatic amines is 2. The van der Waals surface area contributed by atoms with Crippen LogP contribution in [0, 0.1) is 11.7 Å². The average Bonchev–Trinajstić information content (AvgIpc) is 3.26. The second kappa shape index (κ2) is 9.98. The molecule has 1 aromatic heterocycles. The van der Waals surface area contributed by atoms with E-state index in [1.807, 2.05) is 6.92 Å². The van der Waals surface area contributed by atoms with Gasteiger partial charge >= 0.3 is 5.69 Å². The van der Waals surface area contributed by atoms with Crippen LogP contribution in [0.1, 0.15) is 26.2 Å². The summed E-state index contributed by atoms with van der Waals surface area (Å²) in [5, 5.41) is 6.24. The molecule has 188 valence electrons. The summed E-state index contributed by atoms with van der Waals surface area (Å²) in [5.74, 6) is 0.928. The highest BCUT2D eigenvalue weighted by atomic mass is 19.1. The molecule has 0 radical (unpaired) electrons. The molecule has 0 aliphatic carbocycles. The van der Waals surface area contributed by atoms with Crippen LogP contribution < -0.4 is 31.9 Å². The predicted molar refractivity (Wildman–Crippen MR) is 137 cm³/mol. The number of hydrogen-bond donors (Lipinski definition) is 4. The number of aromatic nitrogens is 2. The summed E-state index contributed by atoms with van der Waals surface area (Å²) in [4.78, 5) is 43.6. The highest BCUT2D eigenvalue weighted by molar-refractivity contribution is 5.84. The molecule has 5 rings (SSSR count). The van der Waals surface area contributed by atoms with Crippen molar-refractivity contribution in [2.24, 2.45) is 5.92 Å². The second-order valence-electron chi connectivity index (χ2n) is 9.26. The maximum absolute atomic E-state index is 13.0. The van der Waals surface area contributed by atoms with E-state index in [0.29, 0.717) is 35.0 Å². The molecule has 1 saturated heterocycles. The van der Waals surface area contributed by atoms with Crippen LogP contribution in [-0.4, -0.2) is 40.7 Å². The lowest BCUT2D eigenvalue weighted by Crippen LogP contribution is -2.47. The second-order valence-corrected chi connectivity index (χ2v) is 9.26. The molecule has 1 unspecified atom stereocenters. The standard InChI is InChI=1S/C26H28FN5O4/c1-15(32-11-8-16(9-12-32)10-13-36-19-5-2-17(27)3-6-19)28-22-23(25(34)24(22)33)29-18-4-7-20-21(14-18)31-26(35)30-20/h2-7,14-16,28-29H,8-13H2,1H3,(H2,30,31,35). The van der Waals surface area contributed by atoms with Gasteiger partial charge in [0.15, 0.2) is 0 Å². The minimum Gasteiger partial charge on any atom is -0.494 e. The number of ether oxygens (including phenoxy) is 1. The van der Waals surface area contributed by atoms with E-state index in [1.165, 1.54) is 12.1 Å². The van der Waals surface area contributed by atoms with Crippen molar-refractivity contribution in [3.63, 3.8) is 0 Å². The Hall–Kier alpha value is -3.92. The smallest absolute Gasteiger partial charge is 0.323 e. The summed E-state index contributed by atoms with van der Waals surface area (Å²) in [6.07, 6.45) is 2.82. The Morgan fingerprint density at radius 2 is 1.69 bits per heavy atom. The summed E-state index contributed by atoms with van der Waals surface area (Å²) in [6, 6.07) is 11.2. The molecule has 0 amide bonds.